The lowest BCUT2D eigenvalue weighted by molar-refractivity contribution is 0.0932. The van der Waals surface area contributed by atoms with Gasteiger partial charge in [0.25, 0.3) is 5.91 Å². The fraction of sp³-hybridized carbons (Fsp3) is 0.286. The van der Waals surface area contributed by atoms with Gasteiger partial charge < -0.3 is 10.3 Å². The first-order valence-corrected chi connectivity index (χ1v) is 8.88. The molecule has 1 aromatic heterocycles. The van der Waals surface area contributed by atoms with E-state index in [0.717, 1.165) is 30.4 Å². The van der Waals surface area contributed by atoms with Gasteiger partial charge in [0, 0.05) is 36.1 Å². The molecule has 1 saturated heterocycles. The number of carbonyl (C=O) groups excluding carboxylic acids is 1. The van der Waals surface area contributed by atoms with E-state index in [1.807, 2.05) is 36.4 Å². The number of fused-ring (bicyclic) bond motifs is 1. The Morgan fingerprint density at radius 3 is 2.72 bits per heavy atom. The van der Waals surface area contributed by atoms with Crippen LogP contribution in [0.5, 0.6) is 0 Å². The molecule has 4 nitrogen and oxygen atoms in total. The van der Waals surface area contributed by atoms with Gasteiger partial charge in [0.15, 0.2) is 0 Å². The van der Waals surface area contributed by atoms with E-state index in [4.69, 9.17) is 0 Å². The molecule has 3 aromatic rings. The molecule has 2 atom stereocenters. The van der Waals surface area contributed by atoms with Crippen molar-refractivity contribution >= 4 is 16.8 Å². The van der Waals surface area contributed by atoms with Crippen LogP contribution >= 0.6 is 0 Å². The van der Waals surface area contributed by atoms with E-state index < -0.39 is 0 Å². The monoisotopic (exact) mass is 333 g/mol. The maximum atomic E-state index is 12.6. The third kappa shape index (κ3) is 3.30. The van der Waals surface area contributed by atoms with Crippen molar-refractivity contribution in [1.82, 2.24) is 15.2 Å². The standard InChI is InChI=1S/C21H23N3O/c1-15(16-7-3-2-4-8-16)24-12-11-18(14-24)22-21(25)20-13-17-9-5-6-10-19(17)23-20/h2-10,13,15,18,23H,11-12,14H2,1H3,(H,22,25)/t15-,18+/m1/s1. The molecule has 128 valence electrons. The summed E-state index contributed by atoms with van der Waals surface area (Å²) in [6, 6.07) is 21.0. The molecule has 1 amide bonds. The van der Waals surface area contributed by atoms with Crippen molar-refractivity contribution in [2.75, 3.05) is 13.1 Å². The van der Waals surface area contributed by atoms with Crippen LogP contribution in [-0.2, 0) is 0 Å². The lowest BCUT2D eigenvalue weighted by Gasteiger charge is -2.24. The van der Waals surface area contributed by atoms with Crippen LogP contribution in [-0.4, -0.2) is 34.9 Å². The number of para-hydroxylation sites is 1. The van der Waals surface area contributed by atoms with Crippen molar-refractivity contribution in [2.45, 2.75) is 25.4 Å². The zero-order valence-electron chi connectivity index (χ0n) is 14.4. The third-order valence-electron chi connectivity index (χ3n) is 5.16. The summed E-state index contributed by atoms with van der Waals surface area (Å²) in [6.07, 6.45) is 0.989. The minimum Gasteiger partial charge on any atom is -0.351 e. The summed E-state index contributed by atoms with van der Waals surface area (Å²) in [4.78, 5) is 18.2. The Bertz CT molecular complexity index is 838. The molecule has 0 aliphatic carbocycles. The first-order chi connectivity index (χ1) is 12.2. The molecule has 2 N–H and O–H groups in total. The van der Waals surface area contributed by atoms with Gasteiger partial charge in [-0.25, -0.2) is 0 Å². The van der Waals surface area contributed by atoms with E-state index in [9.17, 15) is 4.79 Å². The molecule has 4 rings (SSSR count). The van der Waals surface area contributed by atoms with E-state index in [2.05, 4.69) is 46.4 Å². The van der Waals surface area contributed by atoms with Gasteiger partial charge in [-0.15, -0.1) is 0 Å². The average Bonchev–Trinajstić information content (AvgIpc) is 3.28. The third-order valence-corrected chi connectivity index (χ3v) is 5.16. The number of benzene rings is 2. The summed E-state index contributed by atoms with van der Waals surface area (Å²) in [6.45, 7) is 4.13. The van der Waals surface area contributed by atoms with Gasteiger partial charge in [0.1, 0.15) is 5.69 Å². The smallest absolute Gasteiger partial charge is 0.267 e. The number of aromatic amines is 1. The van der Waals surface area contributed by atoms with E-state index in [1.165, 1.54) is 5.56 Å². The van der Waals surface area contributed by atoms with Crippen molar-refractivity contribution in [3.05, 3.63) is 71.9 Å². The van der Waals surface area contributed by atoms with Gasteiger partial charge in [-0.3, -0.25) is 9.69 Å². The van der Waals surface area contributed by atoms with Crippen LogP contribution in [0.15, 0.2) is 60.7 Å². The van der Waals surface area contributed by atoms with Crippen LogP contribution in [0, 0.1) is 0 Å². The lowest BCUT2D eigenvalue weighted by atomic mass is 10.1. The highest BCUT2D eigenvalue weighted by Crippen LogP contribution is 2.24. The zero-order valence-corrected chi connectivity index (χ0v) is 14.4. The molecule has 1 aliphatic heterocycles. The molecule has 25 heavy (non-hydrogen) atoms. The van der Waals surface area contributed by atoms with Gasteiger partial charge in [-0.1, -0.05) is 48.5 Å². The molecule has 2 heterocycles. The Morgan fingerprint density at radius 2 is 1.92 bits per heavy atom. The maximum Gasteiger partial charge on any atom is 0.267 e. The highest BCUT2D eigenvalue weighted by molar-refractivity contribution is 5.98. The second kappa shape index (κ2) is 6.73. The van der Waals surface area contributed by atoms with E-state index in [0.29, 0.717) is 11.7 Å². The van der Waals surface area contributed by atoms with Crippen LogP contribution < -0.4 is 5.32 Å². The Hall–Kier alpha value is -2.59. The van der Waals surface area contributed by atoms with Crippen LogP contribution in [0.25, 0.3) is 10.9 Å². The average molecular weight is 333 g/mol. The zero-order chi connectivity index (χ0) is 17.2. The van der Waals surface area contributed by atoms with E-state index in [-0.39, 0.29) is 11.9 Å². The Morgan fingerprint density at radius 1 is 1.16 bits per heavy atom. The van der Waals surface area contributed by atoms with Gasteiger partial charge in [-0.05, 0) is 31.0 Å². The molecule has 1 aliphatic rings. The molecular formula is C21H23N3O. The SMILES string of the molecule is C[C@H](c1ccccc1)N1CC[C@H](NC(=O)c2cc3ccccc3[nH]2)C1. The molecule has 0 spiro atoms. The lowest BCUT2D eigenvalue weighted by Crippen LogP contribution is -2.37. The summed E-state index contributed by atoms with van der Waals surface area (Å²) < 4.78 is 0. The van der Waals surface area contributed by atoms with Crippen LogP contribution in [0.1, 0.15) is 35.4 Å². The van der Waals surface area contributed by atoms with Crippen LogP contribution in [0.4, 0.5) is 0 Å². The minimum absolute atomic E-state index is 0.0181. The number of likely N-dealkylation sites (tertiary alicyclic amines) is 1. The minimum atomic E-state index is -0.0181. The molecule has 1 fully saturated rings. The van der Waals surface area contributed by atoms with Crippen molar-refractivity contribution in [1.29, 1.82) is 0 Å². The summed E-state index contributed by atoms with van der Waals surface area (Å²) in [5.74, 6) is -0.0181. The van der Waals surface area contributed by atoms with Crippen molar-refractivity contribution < 1.29 is 4.79 Å². The second-order valence-electron chi connectivity index (χ2n) is 6.81. The van der Waals surface area contributed by atoms with Gasteiger partial charge in [0.05, 0.1) is 0 Å². The molecule has 0 saturated carbocycles. The number of carbonyl (C=O) groups is 1. The predicted molar refractivity (Wildman–Crippen MR) is 101 cm³/mol. The van der Waals surface area contributed by atoms with Crippen molar-refractivity contribution in [2.24, 2.45) is 0 Å². The number of H-pyrrole nitrogens is 1. The Balaban J connectivity index is 1.39. The number of aromatic nitrogens is 1. The first kappa shape index (κ1) is 15.9. The van der Waals surface area contributed by atoms with Crippen LogP contribution in [0.2, 0.25) is 0 Å². The highest BCUT2D eigenvalue weighted by Gasteiger charge is 2.28. The summed E-state index contributed by atoms with van der Waals surface area (Å²) in [5.41, 5.74) is 2.96. The van der Waals surface area contributed by atoms with Gasteiger partial charge >= 0.3 is 0 Å². The fourth-order valence-electron chi connectivity index (χ4n) is 3.66. The second-order valence-corrected chi connectivity index (χ2v) is 6.81. The molecule has 2 aromatic carbocycles. The maximum absolute atomic E-state index is 12.6. The number of amides is 1. The number of rotatable bonds is 4. The van der Waals surface area contributed by atoms with E-state index in [1.54, 1.807) is 0 Å². The van der Waals surface area contributed by atoms with Gasteiger partial charge in [-0.2, -0.15) is 0 Å². The van der Waals surface area contributed by atoms with Crippen LogP contribution in [0.3, 0.4) is 0 Å². The summed E-state index contributed by atoms with van der Waals surface area (Å²) >= 11 is 0. The highest BCUT2D eigenvalue weighted by atomic mass is 16.2. The summed E-state index contributed by atoms with van der Waals surface area (Å²) in [5, 5.41) is 4.25. The Kier molecular flexibility index (Phi) is 4.28. The molecule has 0 unspecified atom stereocenters. The number of hydrogen-bond acceptors (Lipinski definition) is 2. The van der Waals surface area contributed by atoms with Crippen molar-refractivity contribution in [3.8, 4) is 0 Å². The largest absolute Gasteiger partial charge is 0.351 e. The number of nitrogens with one attached hydrogen (secondary N) is 2. The number of nitrogens with zero attached hydrogens (tertiary/aromatic N) is 1. The van der Waals surface area contributed by atoms with Crippen molar-refractivity contribution in [3.63, 3.8) is 0 Å². The topological polar surface area (TPSA) is 48.1 Å². The first-order valence-electron chi connectivity index (χ1n) is 8.88. The quantitative estimate of drug-likeness (QED) is 0.764. The predicted octanol–water partition coefficient (Wildman–Crippen LogP) is 3.73. The number of hydrogen-bond donors (Lipinski definition) is 2. The summed E-state index contributed by atoms with van der Waals surface area (Å²) in [7, 11) is 0. The van der Waals surface area contributed by atoms with Gasteiger partial charge in [0.2, 0.25) is 0 Å². The Labute approximate surface area is 147 Å². The van der Waals surface area contributed by atoms with E-state index >= 15 is 0 Å². The molecular weight excluding hydrogens is 310 g/mol. The molecule has 4 heteroatoms. The normalized spacial score (nSPS) is 19.2. The molecule has 0 bridgehead atoms. The fourth-order valence-corrected chi connectivity index (χ4v) is 3.66. The molecule has 0 radical (unpaired) electrons.